The minimum Gasteiger partial charge on any atom is -0.306 e. The van der Waals surface area contributed by atoms with Gasteiger partial charge in [0.2, 0.25) is 0 Å². The van der Waals surface area contributed by atoms with Crippen molar-refractivity contribution >= 4 is 22.5 Å². The molecule has 0 aliphatic carbocycles. The Balaban J connectivity index is 1.82. The fraction of sp³-hybridized carbons (Fsp3) is 0.238. The van der Waals surface area contributed by atoms with Crippen LogP contribution in [0.4, 0.5) is 5.82 Å². The first-order chi connectivity index (χ1) is 13.0. The number of aryl methyl sites for hydroxylation is 2. The van der Waals surface area contributed by atoms with E-state index in [1.807, 2.05) is 50.2 Å². The molecule has 0 spiro atoms. The number of carbonyl (C=O) groups is 1. The molecule has 2 aromatic carbocycles. The Morgan fingerprint density at radius 3 is 2.56 bits per heavy atom. The minimum atomic E-state index is -0.964. The molecule has 3 aromatic rings. The first-order valence-corrected chi connectivity index (χ1v) is 10.3. The van der Waals surface area contributed by atoms with Crippen molar-refractivity contribution in [2.75, 3.05) is 5.32 Å². The third-order valence-electron chi connectivity index (χ3n) is 5.10. The Hall–Kier alpha value is -2.73. The molecule has 0 saturated heterocycles. The highest BCUT2D eigenvalue weighted by atomic mass is 32.2. The quantitative estimate of drug-likeness (QED) is 0.753. The first-order valence-electron chi connectivity index (χ1n) is 8.85. The Bertz CT molecular complexity index is 1090. The zero-order valence-corrected chi connectivity index (χ0v) is 16.4. The molecule has 0 bridgehead atoms. The van der Waals surface area contributed by atoms with Gasteiger partial charge in [0.25, 0.3) is 5.91 Å². The van der Waals surface area contributed by atoms with E-state index in [9.17, 15) is 9.00 Å². The number of amides is 1. The number of anilines is 1. The van der Waals surface area contributed by atoms with E-state index in [1.54, 1.807) is 4.68 Å². The van der Waals surface area contributed by atoms with Crippen LogP contribution in [0.1, 0.15) is 38.3 Å². The maximum atomic E-state index is 12.9. The topological polar surface area (TPSA) is 64.0 Å². The number of fused-ring (bicyclic) bond motifs is 1. The monoisotopic (exact) mass is 379 g/mol. The molecule has 0 fully saturated rings. The van der Waals surface area contributed by atoms with E-state index in [-0.39, 0.29) is 5.91 Å². The predicted molar refractivity (Wildman–Crippen MR) is 108 cm³/mol. The Labute approximate surface area is 160 Å². The predicted octanol–water partition coefficient (Wildman–Crippen LogP) is 3.81. The van der Waals surface area contributed by atoms with Crippen LogP contribution in [0.25, 0.3) is 5.69 Å². The van der Waals surface area contributed by atoms with Crippen LogP contribution < -0.4 is 5.32 Å². The average Bonchev–Trinajstić information content (AvgIpc) is 3.15. The molecule has 1 atom stereocenters. The van der Waals surface area contributed by atoms with Gasteiger partial charge in [0, 0.05) is 21.9 Å². The van der Waals surface area contributed by atoms with Gasteiger partial charge in [-0.1, -0.05) is 30.3 Å². The maximum Gasteiger partial charge on any atom is 0.257 e. The van der Waals surface area contributed by atoms with Gasteiger partial charge < -0.3 is 5.32 Å². The highest BCUT2D eigenvalue weighted by molar-refractivity contribution is 7.83. The van der Waals surface area contributed by atoms with Crippen molar-refractivity contribution in [1.29, 1.82) is 0 Å². The summed E-state index contributed by atoms with van der Waals surface area (Å²) < 4.78 is 13.8. The Kier molecular flexibility index (Phi) is 4.44. The molecule has 1 amide bonds. The van der Waals surface area contributed by atoms with Gasteiger partial charge in [-0.05, 0) is 49.6 Å². The molecule has 6 heteroatoms. The van der Waals surface area contributed by atoms with E-state index in [4.69, 9.17) is 5.10 Å². The second kappa shape index (κ2) is 6.78. The lowest BCUT2D eigenvalue weighted by Gasteiger charge is -2.14. The van der Waals surface area contributed by atoms with Crippen LogP contribution in [-0.4, -0.2) is 19.9 Å². The number of carbonyl (C=O) groups excluding carboxylic acids is 1. The molecule has 1 aromatic heterocycles. The van der Waals surface area contributed by atoms with Gasteiger partial charge in [0.05, 0.1) is 22.9 Å². The van der Waals surface area contributed by atoms with Crippen molar-refractivity contribution in [3.8, 4) is 5.69 Å². The Morgan fingerprint density at radius 2 is 1.78 bits per heavy atom. The number of aromatic nitrogens is 2. The van der Waals surface area contributed by atoms with Crippen molar-refractivity contribution < 1.29 is 9.00 Å². The van der Waals surface area contributed by atoms with E-state index in [0.717, 1.165) is 33.6 Å². The van der Waals surface area contributed by atoms with Gasteiger partial charge in [-0.2, -0.15) is 5.10 Å². The van der Waals surface area contributed by atoms with Gasteiger partial charge in [0.1, 0.15) is 5.82 Å². The molecule has 2 heterocycles. The summed E-state index contributed by atoms with van der Waals surface area (Å²) in [5.74, 6) is 1.29. The van der Waals surface area contributed by atoms with Crippen molar-refractivity contribution in [2.45, 2.75) is 32.3 Å². The van der Waals surface area contributed by atoms with E-state index in [2.05, 4.69) is 18.3 Å². The molecule has 1 unspecified atom stereocenters. The smallest absolute Gasteiger partial charge is 0.257 e. The third-order valence-corrected chi connectivity index (χ3v) is 6.30. The van der Waals surface area contributed by atoms with Gasteiger partial charge in [-0.25, -0.2) is 4.68 Å². The third kappa shape index (κ3) is 3.10. The number of benzene rings is 2. The number of hydrogen-bond donors (Lipinski definition) is 1. The van der Waals surface area contributed by atoms with Gasteiger partial charge in [-0.15, -0.1) is 0 Å². The molecule has 4 rings (SSSR count). The summed E-state index contributed by atoms with van der Waals surface area (Å²) in [6.45, 7) is 6.01. The van der Waals surface area contributed by atoms with Crippen LogP contribution in [-0.2, 0) is 22.3 Å². The van der Waals surface area contributed by atoms with Crippen LogP contribution >= 0.6 is 0 Å². The molecule has 27 heavy (non-hydrogen) atoms. The summed E-state index contributed by atoms with van der Waals surface area (Å²) >= 11 is 0. The zero-order chi connectivity index (χ0) is 19.1. The summed E-state index contributed by atoms with van der Waals surface area (Å²) in [5.41, 5.74) is 6.39. The lowest BCUT2D eigenvalue weighted by molar-refractivity contribution is 0.102. The summed E-state index contributed by atoms with van der Waals surface area (Å²) in [6, 6.07) is 13.5. The summed E-state index contributed by atoms with van der Waals surface area (Å²) in [5, 5.41) is 7.73. The molecule has 1 aliphatic heterocycles. The van der Waals surface area contributed by atoms with Crippen LogP contribution in [0.15, 0.2) is 42.5 Å². The second-order valence-electron chi connectivity index (χ2n) is 6.90. The fourth-order valence-electron chi connectivity index (χ4n) is 3.40. The molecule has 5 nitrogen and oxygen atoms in total. The minimum absolute atomic E-state index is 0.181. The molecular formula is C21H21N3O2S. The molecule has 1 N–H and O–H groups in total. The SMILES string of the molecule is Cc1ccccc1C(=O)Nc1c2c(nn1-c1cccc(C)c1C)CS(=O)C2. The lowest BCUT2D eigenvalue weighted by Crippen LogP contribution is -2.18. The van der Waals surface area contributed by atoms with Crippen molar-refractivity contribution in [3.05, 3.63) is 76.0 Å². The van der Waals surface area contributed by atoms with E-state index >= 15 is 0 Å². The number of rotatable bonds is 3. The zero-order valence-electron chi connectivity index (χ0n) is 15.6. The normalized spacial score (nSPS) is 15.6. The van der Waals surface area contributed by atoms with E-state index < -0.39 is 10.8 Å². The number of hydrogen-bond acceptors (Lipinski definition) is 3. The van der Waals surface area contributed by atoms with Gasteiger partial charge in [-0.3, -0.25) is 9.00 Å². The largest absolute Gasteiger partial charge is 0.306 e. The highest BCUT2D eigenvalue weighted by Crippen LogP contribution is 2.33. The molecule has 138 valence electrons. The van der Waals surface area contributed by atoms with Crippen LogP contribution in [0, 0.1) is 20.8 Å². The van der Waals surface area contributed by atoms with Gasteiger partial charge >= 0.3 is 0 Å². The van der Waals surface area contributed by atoms with Crippen LogP contribution in [0.5, 0.6) is 0 Å². The Morgan fingerprint density at radius 1 is 1.04 bits per heavy atom. The molecule has 1 aliphatic rings. The second-order valence-corrected chi connectivity index (χ2v) is 8.36. The van der Waals surface area contributed by atoms with Gasteiger partial charge in [0.15, 0.2) is 0 Å². The number of nitrogens with one attached hydrogen (secondary N) is 1. The number of nitrogens with zero attached hydrogens (tertiary/aromatic N) is 2. The average molecular weight is 379 g/mol. The van der Waals surface area contributed by atoms with Crippen molar-refractivity contribution in [1.82, 2.24) is 9.78 Å². The van der Waals surface area contributed by atoms with Crippen molar-refractivity contribution in [3.63, 3.8) is 0 Å². The lowest BCUT2D eigenvalue weighted by atomic mass is 10.1. The standard InChI is InChI=1S/C21H21N3O2S/c1-13-8-6-10-19(15(13)3)24-20(17-11-27(26)12-18(17)23-24)22-21(25)16-9-5-4-7-14(16)2/h4-10H,11-12H2,1-3H3,(H,22,25). The van der Waals surface area contributed by atoms with Crippen LogP contribution in [0.2, 0.25) is 0 Å². The van der Waals surface area contributed by atoms with Crippen LogP contribution in [0.3, 0.4) is 0 Å². The maximum absolute atomic E-state index is 12.9. The molecule has 0 saturated carbocycles. The molecular weight excluding hydrogens is 358 g/mol. The molecule has 0 radical (unpaired) electrons. The van der Waals surface area contributed by atoms with E-state index in [0.29, 0.717) is 22.9 Å². The fourth-order valence-corrected chi connectivity index (χ4v) is 4.66. The van der Waals surface area contributed by atoms with Crippen molar-refractivity contribution in [2.24, 2.45) is 0 Å². The summed E-state index contributed by atoms with van der Waals surface area (Å²) in [7, 11) is -0.964. The summed E-state index contributed by atoms with van der Waals surface area (Å²) in [6.07, 6.45) is 0. The van der Waals surface area contributed by atoms with E-state index in [1.165, 1.54) is 0 Å². The first kappa shape index (κ1) is 17.7. The highest BCUT2D eigenvalue weighted by Gasteiger charge is 2.29. The summed E-state index contributed by atoms with van der Waals surface area (Å²) in [4.78, 5) is 12.9.